The number of nitro benzene ring substituents is 1. The molecule has 1 saturated heterocycles. The van der Waals surface area contributed by atoms with Crippen LogP contribution in [0.3, 0.4) is 0 Å². The van der Waals surface area contributed by atoms with Crippen molar-refractivity contribution in [3.05, 3.63) is 68.2 Å². The normalized spacial score (nSPS) is 17.6. The third-order valence-electron chi connectivity index (χ3n) is 3.36. The van der Waals surface area contributed by atoms with Gasteiger partial charge in [-0.05, 0) is 23.8 Å². The standard InChI is InChI=1S/C15H10Cl2N2O3S/c16-10-5-11(17)7-13(6-10)18-14(20)8-23-15(18)9-2-1-3-12(4-9)19(21)22/h1-7,15H,8H2/t15-/m1/s1. The van der Waals surface area contributed by atoms with Crippen molar-refractivity contribution in [1.29, 1.82) is 0 Å². The maximum atomic E-state index is 12.3. The molecule has 5 nitrogen and oxygen atoms in total. The Morgan fingerprint density at radius 2 is 1.87 bits per heavy atom. The predicted octanol–water partition coefficient (Wildman–Crippen LogP) is 4.68. The number of nitrogens with zero attached hydrogens (tertiary/aromatic N) is 2. The van der Waals surface area contributed by atoms with Crippen LogP contribution in [-0.2, 0) is 4.79 Å². The van der Waals surface area contributed by atoms with Crippen molar-refractivity contribution in [2.75, 3.05) is 10.7 Å². The van der Waals surface area contributed by atoms with Gasteiger partial charge in [-0.1, -0.05) is 35.3 Å². The molecule has 8 heteroatoms. The second-order valence-electron chi connectivity index (χ2n) is 4.91. The van der Waals surface area contributed by atoms with E-state index in [2.05, 4.69) is 0 Å². The van der Waals surface area contributed by atoms with E-state index in [9.17, 15) is 14.9 Å². The van der Waals surface area contributed by atoms with Gasteiger partial charge >= 0.3 is 0 Å². The van der Waals surface area contributed by atoms with E-state index in [0.29, 0.717) is 21.3 Å². The first-order valence-corrected chi connectivity index (χ1v) is 8.40. The molecule has 0 spiro atoms. The van der Waals surface area contributed by atoms with Crippen molar-refractivity contribution < 1.29 is 9.72 Å². The van der Waals surface area contributed by atoms with Crippen LogP contribution in [0.4, 0.5) is 11.4 Å². The number of amides is 1. The molecular weight excluding hydrogens is 359 g/mol. The van der Waals surface area contributed by atoms with E-state index in [1.165, 1.54) is 23.9 Å². The van der Waals surface area contributed by atoms with Gasteiger partial charge in [0.2, 0.25) is 5.91 Å². The lowest BCUT2D eigenvalue weighted by Gasteiger charge is -2.24. The van der Waals surface area contributed by atoms with Gasteiger partial charge in [-0.2, -0.15) is 0 Å². The number of hydrogen-bond acceptors (Lipinski definition) is 4. The molecule has 1 atom stereocenters. The summed E-state index contributed by atoms with van der Waals surface area (Å²) in [5, 5.41) is 11.5. The molecule has 1 heterocycles. The number of halogens is 2. The zero-order valence-corrected chi connectivity index (χ0v) is 13.9. The lowest BCUT2D eigenvalue weighted by atomic mass is 10.1. The minimum atomic E-state index is -0.453. The maximum Gasteiger partial charge on any atom is 0.269 e. The van der Waals surface area contributed by atoms with Crippen molar-refractivity contribution >= 4 is 52.2 Å². The predicted molar refractivity (Wildman–Crippen MR) is 92.2 cm³/mol. The average molecular weight is 369 g/mol. The Kier molecular flexibility index (Phi) is 4.48. The van der Waals surface area contributed by atoms with E-state index in [-0.39, 0.29) is 22.7 Å². The van der Waals surface area contributed by atoms with E-state index >= 15 is 0 Å². The quantitative estimate of drug-likeness (QED) is 0.582. The number of rotatable bonds is 3. The molecular formula is C15H10Cl2N2O3S. The highest BCUT2D eigenvalue weighted by molar-refractivity contribution is 8.00. The van der Waals surface area contributed by atoms with Crippen LogP contribution < -0.4 is 4.90 Å². The van der Waals surface area contributed by atoms with Crippen LogP contribution >= 0.6 is 35.0 Å². The Bertz CT molecular complexity index is 780. The number of carbonyl (C=O) groups excluding carboxylic acids is 1. The number of carbonyl (C=O) groups is 1. The highest BCUT2D eigenvalue weighted by Gasteiger charge is 2.35. The molecule has 0 aliphatic carbocycles. The summed E-state index contributed by atoms with van der Waals surface area (Å²) in [7, 11) is 0. The van der Waals surface area contributed by atoms with Crippen molar-refractivity contribution in [3.63, 3.8) is 0 Å². The minimum Gasteiger partial charge on any atom is -0.295 e. The number of nitro groups is 1. The molecule has 0 saturated carbocycles. The fourth-order valence-electron chi connectivity index (χ4n) is 2.42. The molecule has 2 aromatic rings. The lowest BCUT2D eigenvalue weighted by Crippen LogP contribution is -2.27. The fourth-order valence-corrected chi connectivity index (χ4v) is 4.10. The average Bonchev–Trinajstić information content (AvgIpc) is 2.88. The van der Waals surface area contributed by atoms with Gasteiger partial charge in [-0.25, -0.2) is 0 Å². The largest absolute Gasteiger partial charge is 0.295 e. The molecule has 1 amide bonds. The molecule has 0 N–H and O–H groups in total. The molecule has 1 fully saturated rings. The Hall–Kier alpha value is -1.76. The van der Waals surface area contributed by atoms with E-state index < -0.39 is 4.92 Å². The lowest BCUT2D eigenvalue weighted by molar-refractivity contribution is -0.384. The second-order valence-corrected chi connectivity index (χ2v) is 6.85. The van der Waals surface area contributed by atoms with E-state index in [4.69, 9.17) is 23.2 Å². The van der Waals surface area contributed by atoms with Crippen LogP contribution in [0.1, 0.15) is 10.9 Å². The Morgan fingerprint density at radius 3 is 2.52 bits per heavy atom. The number of thioether (sulfide) groups is 1. The topological polar surface area (TPSA) is 63.4 Å². The molecule has 118 valence electrons. The third kappa shape index (κ3) is 3.29. The Labute approximate surface area is 146 Å². The molecule has 3 rings (SSSR count). The number of non-ortho nitro benzene ring substituents is 1. The summed E-state index contributed by atoms with van der Waals surface area (Å²) >= 11 is 13.4. The van der Waals surface area contributed by atoms with E-state index in [1.807, 2.05) is 0 Å². The number of anilines is 1. The van der Waals surface area contributed by atoms with Gasteiger partial charge in [-0.15, -0.1) is 11.8 Å². The molecule has 0 unspecified atom stereocenters. The number of hydrogen-bond donors (Lipinski definition) is 0. The van der Waals surface area contributed by atoms with Gasteiger partial charge in [0.15, 0.2) is 0 Å². The first-order chi connectivity index (χ1) is 11.0. The van der Waals surface area contributed by atoms with Gasteiger partial charge in [0.25, 0.3) is 5.69 Å². The monoisotopic (exact) mass is 368 g/mol. The Balaban J connectivity index is 2.03. The van der Waals surface area contributed by atoms with Crippen LogP contribution in [0.15, 0.2) is 42.5 Å². The molecule has 0 aromatic heterocycles. The summed E-state index contributed by atoms with van der Waals surface area (Å²) in [5.74, 6) is 0.196. The Morgan fingerprint density at radius 1 is 1.17 bits per heavy atom. The zero-order chi connectivity index (χ0) is 16.6. The maximum absolute atomic E-state index is 12.3. The summed E-state index contributed by atoms with van der Waals surface area (Å²) < 4.78 is 0. The summed E-state index contributed by atoms with van der Waals surface area (Å²) in [4.78, 5) is 24.4. The molecule has 1 aliphatic rings. The van der Waals surface area contributed by atoms with Crippen LogP contribution in [-0.4, -0.2) is 16.6 Å². The first-order valence-electron chi connectivity index (χ1n) is 6.60. The molecule has 0 radical (unpaired) electrons. The van der Waals surface area contributed by atoms with Gasteiger partial charge < -0.3 is 0 Å². The van der Waals surface area contributed by atoms with E-state index in [0.717, 1.165) is 0 Å². The highest BCUT2D eigenvalue weighted by atomic mass is 35.5. The summed E-state index contributed by atoms with van der Waals surface area (Å²) in [6.45, 7) is 0. The molecule has 1 aliphatic heterocycles. The summed E-state index contributed by atoms with van der Waals surface area (Å²) in [5.41, 5.74) is 1.26. The van der Waals surface area contributed by atoms with Crippen LogP contribution in [0, 0.1) is 10.1 Å². The summed E-state index contributed by atoms with van der Waals surface area (Å²) in [6, 6.07) is 11.2. The summed E-state index contributed by atoms with van der Waals surface area (Å²) in [6.07, 6.45) is 0. The van der Waals surface area contributed by atoms with E-state index in [1.54, 1.807) is 35.2 Å². The van der Waals surface area contributed by atoms with Crippen LogP contribution in [0.2, 0.25) is 10.0 Å². The second kappa shape index (κ2) is 6.39. The smallest absolute Gasteiger partial charge is 0.269 e. The van der Waals surface area contributed by atoms with Gasteiger partial charge in [-0.3, -0.25) is 19.8 Å². The van der Waals surface area contributed by atoms with Gasteiger partial charge in [0.05, 0.1) is 10.7 Å². The van der Waals surface area contributed by atoms with Gasteiger partial charge in [0, 0.05) is 27.9 Å². The number of benzene rings is 2. The van der Waals surface area contributed by atoms with Crippen LogP contribution in [0.5, 0.6) is 0 Å². The van der Waals surface area contributed by atoms with Crippen LogP contribution in [0.25, 0.3) is 0 Å². The molecule has 2 aromatic carbocycles. The van der Waals surface area contributed by atoms with Crippen molar-refractivity contribution in [1.82, 2.24) is 0 Å². The zero-order valence-electron chi connectivity index (χ0n) is 11.6. The molecule has 0 bridgehead atoms. The highest BCUT2D eigenvalue weighted by Crippen LogP contribution is 2.43. The molecule has 23 heavy (non-hydrogen) atoms. The first kappa shape index (κ1) is 16.1. The van der Waals surface area contributed by atoms with Crippen molar-refractivity contribution in [2.45, 2.75) is 5.37 Å². The third-order valence-corrected chi connectivity index (χ3v) is 5.01. The van der Waals surface area contributed by atoms with Gasteiger partial charge in [0.1, 0.15) is 5.37 Å². The minimum absolute atomic E-state index is 0.00785. The van der Waals surface area contributed by atoms with Crippen molar-refractivity contribution in [3.8, 4) is 0 Å². The fraction of sp³-hybridized carbons (Fsp3) is 0.133. The SMILES string of the molecule is O=C1CS[C@H](c2cccc([N+](=O)[O-])c2)N1c1cc(Cl)cc(Cl)c1. The van der Waals surface area contributed by atoms with Crippen molar-refractivity contribution in [2.24, 2.45) is 0 Å².